The molecule has 0 aromatic heterocycles. The maximum absolute atomic E-state index is 12.7. The van der Waals surface area contributed by atoms with Crippen LogP contribution in [0, 0.1) is 17.8 Å². The zero-order valence-electron chi connectivity index (χ0n) is 13.4. The Balaban J connectivity index is 1.33. The fourth-order valence-electron chi connectivity index (χ4n) is 4.38. The Kier molecular flexibility index (Phi) is 4.03. The minimum Gasteiger partial charge on any atom is -0.383 e. The number of methoxy groups -OCH3 is 1. The van der Waals surface area contributed by atoms with Gasteiger partial charge in [-0.1, -0.05) is 0 Å². The Labute approximate surface area is 135 Å². The number of nitrogens with zero attached hydrogens (tertiary/aromatic N) is 1. The molecule has 3 saturated heterocycles. The number of hydrogen-bond donors (Lipinski definition) is 1. The molecule has 4 aliphatic rings. The molecule has 4 fully saturated rings. The number of hydrogen-bond acceptors (Lipinski definition) is 5. The first-order valence-corrected chi connectivity index (χ1v) is 8.51. The van der Waals surface area contributed by atoms with E-state index in [-0.39, 0.29) is 29.9 Å². The fourth-order valence-corrected chi connectivity index (χ4v) is 4.38. The van der Waals surface area contributed by atoms with Crippen LogP contribution in [0.15, 0.2) is 0 Å². The summed E-state index contributed by atoms with van der Waals surface area (Å²) in [6, 6.07) is 0.0583. The Bertz CT molecular complexity index is 489. The van der Waals surface area contributed by atoms with Crippen molar-refractivity contribution >= 4 is 11.8 Å². The van der Waals surface area contributed by atoms with E-state index in [1.807, 2.05) is 4.90 Å². The lowest BCUT2D eigenvalue weighted by molar-refractivity contribution is -0.135. The predicted octanol–water partition coefficient (Wildman–Crippen LogP) is -0.600. The van der Waals surface area contributed by atoms with Gasteiger partial charge in [0.05, 0.1) is 32.0 Å². The van der Waals surface area contributed by atoms with Gasteiger partial charge in [0.15, 0.2) is 0 Å². The maximum Gasteiger partial charge on any atom is 0.249 e. The van der Waals surface area contributed by atoms with Crippen LogP contribution in [0.5, 0.6) is 0 Å². The molecule has 1 saturated carbocycles. The van der Waals surface area contributed by atoms with Crippen molar-refractivity contribution in [3.63, 3.8) is 0 Å². The van der Waals surface area contributed by atoms with E-state index in [0.29, 0.717) is 31.4 Å². The summed E-state index contributed by atoms with van der Waals surface area (Å²) in [5.41, 5.74) is 0. The normalized spacial score (nSPS) is 40.8. The van der Waals surface area contributed by atoms with Crippen molar-refractivity contribution in [3.8, 4) is 0 Å². The standard InChI is InChI=1S/C16H24N2O5/c1-21-5-3-17-15(19)13-6-11-12(23-13)2-4-18(11)16(20)14-9-7-22-8-10(9)14/h9-14H,2-8H2,1H3,(H,17,19)/t9-,10+,11-,12-,13-,14?/m1/s1. The van der Waals surface area contributed by atoms with Crippen molar-refractivity contribution in [1.82, 2.24) is 10.2 Å². The Morgan fingerprint density at radius 2 is 2.09 bits per heavy atom. The van der Waals surface area contributed by atoms with Crippen LogP contribution < -0.4 is 5.32 Å². The van der Waals surface area contributed by atoms with Crippen molar-refractivity contribution in [1.29, 1.82) is 0 Å². The summed E-state index contributed by atoms with van der Waals surface area (Å²) in [6.07, 6.45) is 0.997. The number of likely N-dealkylation sites (tertiary alicyclic amines) is 1. The van der Waals surface area contributed by atoms with Crippen LogP contribution in [0.2, 0.25) is 0 Å². The van der Waals surface area contributed by atoms with E-state index >= 15 is 0 Å². The topological polar surface area (TPSA) is 77.1 Å². The molecule has 3 heterocycles. The van der Waals surface area contributed by atoms with E-state index in [4.69, 9.17) is 14.2 Å². The van der Waals surface area contributed by atoms with Gasteiger partial charge in [0.25, 0.3) is 0 Å². The summed E-state index contributed by atoms with van der Waals surface area (Å²) in [6.45, 7) is 3.18. The van der Waals surface area contributed by atoms with Gasteiger partial charge in [-0.2, -0.15) is 0 Å². The second-order valence-corrected chi connectivity index (χ2v) is 6.96. The molecule has 1 unspecified atom stereocenters. The van der Waals surface area contributed by atoms with Gasteiger partial charge in [-0.15, -0.1) is 0 Å². The van der Waals surface area contributed by atoms with Crippen molar-refractivity contribution in [2.75, 3.05) is 40.0 Å². The molecule has 1 N–H and O–H groups in total. The van der Waals surface area contributed by atoms with Gasteiger partial charge in [-0.3, -0.25) is 9.59 Å². The average molecular weight is 324 g/mol. The number of fused-ring (bicyclic) bond motifs is 2. The zero-order chi connectivity index (χ0) is 16.0. The fraction of sp³-hybridized carbons (Fsp3) is 0.875. The van der Waals surface area contributed by atoms with Gasteiger partial charge in [-0.25, -0.2) is 0 Å². The molecule has 7 nitrogen and oxygen atoms in total. The monoisotopic (exact) mass is 324 g/mol. The molecule has 0 radical (unpaired) electrons. The highest BCUT2D eigenvalue weighted by molar-refractivity contribution is 5.84. The molecule has 7 heteroatoms. The first kappa shape index (κ1) is 15.4. The Morgan fingerprint density at radius 3 is 2.83 bits per heavy atom. The smallest absolute Gasteiger partial charge is 0.249 e. The highest BCUT2D eigenvalue weighted by Gasteiger charge is 2.60. The summed E-state index contributed by atoms with van der Waals surface area (Å²) in [7, 11) is 1.60. The number of amides is 2. The van der Waals surface area contributed by atoms with E-state index < -0.39 is 6.10 Å². The number of carbonyl (C=O) groups is 2. The third kappa shape index (κ3) is 2.64. The summed E-state index contributed by atoms with van der Waals surface area (Å²) in [5, 5.41) is 2.82. The van der Waals surface area contributed by atoms with Crippen LogP contribution >= 0.6 is 0 Å². The number of rotatable bonds is 5. The molecule has 2 amide bonds. The summed E-state index contributed by atoms with van der Waals surface area (Å²) in [4.78, 5) is 26.8. The second kappa shape index (κ2) is 6.03. The molecule has 0 aromatic carbocycles. The lowest BCUT2D eigenvalue weighted by atomic mass is 10.1. The molecule has 0 bridgehead atoms. The maximum atomic E-state index is 12.7. The van der Waals surface area contributed by atoms with Crippen LogP contribution in [-0.2, 0) is 23.8 Å². The largest absolute Gasteiger partial charge is 0.383 e. The van der Waals surface area contributed by atoms with Crippen LogP contribution in [0.1, 0.15) is 12.8 Å². The Morgan fingerprint density at radius 1 is 1.30 bits per heavy atom. The predicted molar refractivity (Wildman–Crippen MR) is 79.6 cm³/mol. The third-order valence-corrected chi connectivity index (χ3v) is 5.70. The molecule has 4 rings (SSSR count). The van der Waals surface area contributed by atoms with E-state index in [1.165, 1.54) is 0 Å². The molecule has 3 aliphatic heterocycles. The number of ether oxygens (including phenoxy) is 3. The van der Waals surface area contributed by atoms with E-state index in [2.05, 4.69) is 5.32 Å². The summed E-state index contributed by atoms with van der Waals surface area (Å²) < 4.78 is 16.2. The van der Waals surface area contributed by atoms with Crippen molar-refractivity contribution in [2.24, 2.45) is 17.8 Å². The van der Waals surface area contributed by atoms with Crippen LogP contribution in [0.3, 0.4) is 0 Å². The first-order chi connectivity index (χ1) is 11.2. The number of nitrogens with one attached hydrogen (secondary N) is 1. The van der Waals surface area contributed by atoms with E-state index in [0.717, 1.165) is 26.2 Å². The highest BCUT2D eigenvalue weighted by atomic mass is 16.5. The summed E-state index contributed by atoms with van der Waals surface area (Å²) >= 11 is 0. The molecule has 0 spiro atoms. The number of carbonyl (C=O) groups excluding carboxylic acids is 2. The lowest BCUT2D eigenvalue weighted by Gasteiger charge is -2.24. The minimum absolute atomic E-state index is 0.00645. The zero-order valence-corrected chi connectivity index (χ0v) is 13.4. The molecule has 6 atom stereocenters. The van der Waals surface area contributed by atoms with E-state index in [9.17, 15) is 9.59 Å². The quantitative estimate of drug-likeness (QED) is 0.684. The van der Waals surface area contributed by atoms with Gasteiger partial charge in [0, 0.05) is 32.5 Å². The average Bonchev–Trinajstić information content (AvgIpc) is 2.97. The van der Waals surface area contributed by atoms with Crippen LogP contribution in [0.25, 0.3) is 0 Å². The molecule has 23 heavy (non-hydrogen) atoms. The van der Waals surface area contributed by atoms with Crippen molar-refractivity contribution in [2.45, 2.75) is 31.1 Å². The van der Waals surface area contributed by atoms with Crippen molar-refractivity contribution in [3.05, 3.63) is 0 Å². The van der Waals surface area contributed by atoms with Gasteiger partial charge in [0.1, 0.15) is 6.10 Å². The lowest BCUT2D eigenvalue weighted by Crippen LogP contribution is -2.41. The van der Waals surface area contributed by atoms with Crippen LogP contribution in [0.4, 0.5) is 0 Å². The second-order valence-electron chi connectivity index (χ2n) is 6.96. The highest BCUT2D eigenvalue weighted by Crippen LogP contribution is 2.52. The van der Waals surface area contributed by atoms with Gasteiger partial charge >= 0.3 is 0 Å². The molecular weight excluding hydrogens is 300 g/mol. The van der Waals surface area contributed by atoms with Crippen molar-refractivity contribution < 1.29 is 23.8 Å². The molecular formula is C16H24N2O5. The van der Waals surface area contributed by atoms with Gasteiger partial charge in [-0.05, 0) is 18.3 Å². The molecule has 0 aromatic rings. The SMILES string of the molecule is COCCNC(=O)[C@H]1C[C@@H]2[C@@H](CCN2C(=O)C2[C@H]3COC[C@@H]23)O1. The van der Waals surface area contributed by atoms with E-state index in [1.54, 1.807) is 7.11 Å². The minimum atomic E-state index is -0.445. The van der Waals surface area contributed by atoms with Crippen LogP contribution in [-0.4, -0.2) is 75.0 Å². The first-order valence-electron chi connectivity index (χ1n) is 8.51. The Hall–Kier alpha value is -1.18. The van der Waals surface area contributed by atoms with Gasteiger partial charge < -0.3 is 24.4 Å². The molecule has 1 aliphatic carbocycles. The van der Waals surface area contributed by atoms with Gasteiger partial charge in [0.2, 0.25) is 11.8 Å². The molecule has 128 valence electrons. The third-order valence-electron chi connectivity index (χ3n) is 5.70. The summed E-state index contributed by atoms with van der Waals surface area (Å²) in [5.74, 6) is 1.16.